The van der Waals surface area contributed by atoms with Gasteiger partial charge < -0.3 is 5.32 Å². The Hall–Kier alpha value is -2.39. The molecule has 0 fully saturated rings. The van der Waals surface area contributed by atoms with E-state index in [9.17, 15) is 40.7 Å². The van der Waals surface area contributed by atoms with Gasteiger partial charge in [0.05, 0.1) is 0 Å². The summed E-state index contributed by atoms with van der Waals surface area (Å²) in [6, 6.07) is 7.77. The van der Waals surface area contributed by atoms with Gasteiger partial charge in [0.1, 0.15) is 0 Å². The molecule has 1 amide bonds. The van der Waals surface area contributed by atoms with Crippen LogP contribution in [0, 0.1) is 12.8 Å². The monoisotopic (exact) mass is 371 g/mol. The van der Waals surface area contributed by atoms with Gasteiger partial charge in [0, 0.05) is 11.6 Å². The molecule has 0 aromatic heterocycles. The summed E-state index contributed by atoms with van der Waals surface area (Å²) in [6.45, 7) is 5.75. The van der Waals surface area contributed by atoms with Crippen LogP contribution in [0.4, 0.5) is 32.0 Å². The van der Waals surface area contributed by atoms with Crippen molar-refractivity contribution < 1.29 is 40.7 Å². The van der Waals surface area contributed by atoms with Crippen molar-refractivity contribution in [3.05, 3.63) is 29.8 Å². The van der Waals surface area contributed by atoms with E-state index in [0.29, 0.717) is 0 Å². The number of Topliss-reactive ketones (excluding diaryl/α,β-unsaturated/α-hetero) is 2. The number of nitrogens with one attached hydrogen (secondary N) is 1. The first-order valence-corrected chi connectivity index (χ1v) is 6.77. The van der Waals surface area contributed by atoms with Crippen molar-refractivity contribution in [2.75, 3.05) is 5.32 Å². The highest BCUT2D eigenvalue weighted by Gasteiger charge is 2.54. The summed E-state index contributed by atoms with van der Waals surface area (Å²) in [4.78, 5) is 30.6. The molecule has 0 unspecified atom stereocenters. The van der Waals surface area contributed by atoms with Crippen LogP contribution in [0.3, 0.4) is 0 Å². The van der Waals surface area contributed by atoms with Crippen LogP contribution in [-0.4, -0.2) is 29.8 Å². The third-order valence-corrected chi connectivity index (χ3v) is 2.65. The maximum atomic E-state index is 11.4. The number of anilines is 1. The third-order valence-electron chi connectivity index (χ3n) is 2.65. The fourth-order valence-electron chi connectivity index (χ4n) is 1.25. The van der Waals surface area contributed by atoms with Crippen LogP contribution in [-0.2, 0) is 14.4 Å². The van der Waals surface area contributed by atoms with Gasteiger partial charge in [-0.1, -0.05) is 32.0 Å². The fourth-order valence-corrected chi connectivity index (χ4v) is 1.25. The molecule has 10 heteroatoms. The average Bonchev–Trinajstić information content (AvgIpc) is 2.46. The van der Waals surface area contributed by atoms with Gasteiger partial charge in [-0.3, -0.25) is 14.4 Å². The summed E-state index contributed by atoms with van der Waals surface area (Å²) < 4.78 is 67.0. The SMILES string of the molecule is Cc1ccccc1NC(=O)C(C)C.O=C(C(=O)C(F)(F)F)C(F)(F)F. The number of carbonyl (C=O) groups excluding carboxylic acids is 3. The van der Waals surface area contributed by atoms with E-state index in [-0.39, 0.29) is 11.8 Å². The topological polar surface area (TPSA) is 63.2 Å². The normalized spacial score (nSPS) is 11.4. The van der Waals surface area contributed by atoms with Crippen LogP contribution in [0.2, 0.25) is 0 Å². The highest BCUT2D eigenvalue weighted by molar-refractivity contribution is 6.41. The minimum Gasteiger partial charge on any atom is -0.326 e. The highest BCUT2D eigenvalue weighted by atomic mass is 19.4. The predicted molar refractivity (Wildman–Crippen MR) is 76.8 cm³/mol. The lowest BCUT2D eigenvalue weighted by molar-refractivity contribution is -0.193. The van der Waals surface area contributed by atoms with Crippen LogP contribution < -0.4 is 5.32 Å². The molecule has 0 aliphatic carbocycles. The highest BCUT2D eigenvalue weighted by Crippen LogP contribution is 2.24. The minimum atomic E-state index is -5.77. The maximum Gasteiger partial charge on any atom is 0.458 e. The molecule has 1 aromatic carbocycles. The van der Waals surface area contributed by atoms with Crippen molar-refractivity contribution in [2.24, 2.45) is 5.92 Å². The number of carbonyl (C=O) groups is 3. The molecule has 25 heavy (non-hydrogen) atoms. The number of amides is 1. The molecular formula is C15H15F6NO3. The number of benzene rings is 1. The number of aryl methyl sites for hydroxylation is 1. The lowest BCUT2D eigenvalue weighted by Gasteiger charge is -2.09. The first-order chi connectivity index (χ1) is 11.2. The van der Waals surface area contributed by atoms with Crippen LogP contribution in [0.1, 0.15) is 19.4 Å². The molecule has 0 aliphatic heterocycles. The largest absolute Gasteiger partial charge is 0.458 e. The molecule has 0 atom stereocenters. The number of hydrogen-bond donors (Lipinski definition) is 1. The van der Waals surface area contributed by atoms with Crippen molar-refractivity contribution in [1.29, 1.82) is 0 Å². The average molecular weight is 371 g/mol. The molecule has 1 N–H and O–H groups in total. The standard InChI is InChI=1S/C11H15NO.C4F6O2/c1-8(2)11(13)12-10-7-5-4-6-9(10)3;5-3(6,7)1(11)2(12)4(8,9)10/h4-8H,1-3H3,(H,12,13);. The molecule has 1 rings (SSSR count). The second kappa shape index (κ2) is 8.63. The summed E-state index contributed by atoms with van der Waals surface area (Å²) in [6.07, 6.45) is -11.5. The van der Waals surface area contributed by atoms with Crippen molar-refractivity contribution in [3.63, 3.8) is 0 Å². The third kappa shape index (κ3) is 7.81. The molecule has 1 aromatic rings. The number of ketones is 2. The van der Waals surface area contributed by atoms with E-state index in [2.05, 4.69) is 5.32 Å². The van der Waals surface area contributed by atoms with Crippen molar-refractivity contribution >= 4 is 23.2 Å². The summed E-state index contributed by atoms with van der Waals surface area (Å²) in [5.74, 6) is -6.72. The fraction of sp³-hybridized carbons (Fsp3) is 0.400. The van der Waals surface area contributed by atoms with E-state index in [1.165, 1.54) is 0 Å². The molecule has 0 saturated carbocycles. The van der Waals surface area contributed by atoms with Gasteiger partial charge in [-0.05, 0) is 18.6 Å². The maximum absolute atomic E-state index is 11.4. The molecule has 0 bridgehead atoms. The van der Waals surface area contributed by atoms with Gasteiger partial charge in [0.25, 0.3) is 0 Å². The first kappa shape index (κ1) is 22.6. The molecule has 4 nitrogen and oxygen atoms in total. The van der Waals surface area contributed by atoms with Crippen molar-refractivity contribution in [1.82, 2.24) is 0 Å². The number of rotatable bonds is 3. The minimum absolute atomic E-state index is 0.0274. The van der Waals surface area contributed by atoms with Gasteiger partial charge in [0.15, 0.2) is 0 Å². The van der Waals surface area contributed by atoms with Crippen LogP contribution in [0.25, 0.3) is 0 Å². The Morgan fingerprint density at radius 3 is 1.60 bits per heavy atom. The number of alkyl halides is 6. The summed E-state index contributed by atoms with van der Waals surface area (Å²) in [5, 5.41) is 2.87. The van der Waals surface area contributed by atoms with Gasteiger partial charge in [-0.25, -0.2) is 0 Å². The van der Waals surface area contributed by atoms with E-state index in [0.717, 1.165) is 11.3 Å². The molecule has 0 spiro atoms. The molecule has 0 heterocycles. The summed E-state index contributed by atoms with van der Waals surface area (Å²) in [7, 11) is 0. The van der Waals surface area contributed by atoms with Crippen molar-refractivity contribution in [2.45, 2.75) is 33.1 Å². The van der Waals surface area contributed by atoms with Gasteiger partial charge in [-0.2, -0.15) is 26.3 Å². The van der Waals surface area contributed by atoms with Crippen LogP contribution in [0.5, 0.6) is 0 Å². The lowest BCUT2D eigenvalue weighted by Crippen LogP contribution is -2.39. The quantitative estimate of drug-likeness (QED) is 0.649. The van der Waals surface area contributed by atoms with Gasteiger partial charge in [0.2, 0.25) is 5.91 Å². The summed E-state index contributed by atoms with van der Waals surface area (Å²) >= 11 is 0. The Morgan fingerprint density at radius 2 is 1.28 bits per heavy atom. The van der Waals surface area contributed by atoms with E-state index in [1.807, 2.05) is 45.0 Å². The second-order valence-electron chi connectivity index (χ2n) is 5.11. The van der Waals surface area contributed by atoms with E-state index in [4.69, 9.17) is 0 Å². The van der Waals surface area contributed by atoms with E-state index >= 15 is 0 Å². The zero-order valence-electron chi connectivity index (χ0n) is 13.4. The number of para-hydroxylation sites is 1. The Kier molecular flexibility index (Phi) is 7.81. The number of hydrogen-bond acceptors (Lipinski definition) is 3. The smallest absolute Gasteiger partial charge is 0.326 e. The van der Waals surface area contributed by atoms with Crippen LogP contribution in [0.15, 0.2) is 24.3 Å². The van der Waals surface area contributed by atoms with E-state index in [1.54, 1.807) is 0 Å². The zero-order valence-corrected chi connectivity index (χ0v) is 13.4. The first-order valence-electron chi connectivity index (χ1n) is 6.77. The summed E-state index contributed by atoms with van der Waals surface area (Å²) in [5.41, 5.74) is 2.00. The lowest BCUT2D eigenvalue weighted by atomic mass is 10.1. The number of halogens is 6. The molecular weight excluding hydrogens is 356 g/mol. The zero-order chi connectivity index (χ0) is 20.0. The van der Waals surface area contributed by atoms with Gasteiger partial charge in [-0.15, -0.1) is 0 Å². The second-order valence-corrected chi connectivity index (χ2v) is 5.11. The molecule has 0 radical (unpaired) electrons. The Bertz CT molecular complexity index is 611. The molecule has 0 aliphatic rings. The van der Waals surface area contributed by atoms with Crippen molar-refractivity contribution in [3.8, 4) is 0 Å². The molecule has 140 valence electrons. The predicted octanol–water partition coefficient (Wildman–Crippen LogP) is 3.84. The molecule has 0 saturated heterocycles. The van der Waals surface area contributed by atoms with E-state index < -0.39 is 23.9 Å². The Morgan fingerprint density at radius 1 is 0.880 bits per heavy atom. The van der Waals surface area contributed by atoms with Crippen LogP contribution >= 0.6 is 0 Å². The Balaban J connectivity index is 0.000000463. The van der Waals surface area contributed by atoms with Gasteiger partial charge >= 0.3 is 23.9 Å². The Labute approximate surface area is 139 Å².